The monoisotopic (exact) mass is 322 g/mol. The smallest absolute Gasteiger partial charge is 0.243 e. The molecule has 1 aromatic rings. The van der Waals surface area contributed by atoms with Crippen molar-refractivity contribution in [2.75, 3.05) is 12.3 Å². The molecular formula is C10H15BrN2O3S. The summed E-state index contributed by atoms with van der Waals surface area (Å²) in [7, 11) is -3.73. The van der Waals surface area contributed by atoms with Gasteiger partial charge in [0.1, 0.15) is 4.90 Å². The first-order chi connectivity index (χ1) is 7.68. The van der Waals surface area contributed by atoms with Crippen LogP contribution in [0.25, 0.3) is 0 Å². The van der Waals surface area contributed by atoms with Crippen LogP contribution in [-0.2, 0) is 10.0 Å². The molecule has 7 heteroatoms. The maximum absolute atomic E-state index is 12.0. The predicted octanol–water partition coefficient (Wildman–Crippen LogP) is 1.08. The second-order valence-electron chi connectivity index (χ2n) is 4.33. The molecule has 1 aromatic carbocycles. The maximum Gasteiger partial charge on any atom is 0.243 e. The Bertz CT molecular complexity index is 514. The van der Waals surface area contributed by atoms with E-state index in [1.807, 2.05) is 0 Å². The van der Waals surface area contributed by atoms with Crippen LogP contribution in [0.15, 0.2) is 27.6 Å². The van der Waals surface area contributed by atoms with Gasteiger partial charge in [0.25, 0.3) is 0 Å². The molecule has 0 aliphatic rings. The number of hydrogen-bond acceptors (Lipinski definition) is 4. The number of aliphatic hydroxyl groups excluding tert-OH is 1. The van der Waals surface area contributed by atoms with Gasteiger partial charge in [0.2, 0.25) is 10.0 Å². The van der Waals surface area contributed by atoms with E-state index in [1.165, 1.54) is 12.1 Å². The van der Waals surface area contributed by atoms with E-state index in [2.05, 4.69) is 20.7 Å². The number of benzene rings is 1. The lowest BCUT2D eigenvalue weighted by Gasteiger charge is -2.23. The molecule has 0 atom stereocenters. The van der Waals surface area contributed by atoms with Gasteiger partial charge in [-0.3, -0.25) is 0 Å². The zero-order valence-corrected chi connectivity index (χ0v) is 12.0. The van der Waals surface area contributed by atoms with Crippen molar-refractivity contribution in [1.82, 2.24) is 4.72 Å². The standard InChI is InChI=1S/C10H15BrN2O3S/c1-10(2,6-14)13-17(15,16)9-4-3-7(11)5-8(9)12/h3-5,13-14H,6,12H2,1-2H3. The van der Waals surface area contributed by atoms with Gasteiger partial charge in [-0.2, -0.15) is 0 Å². The van der Waals surface area contributed by atoms with Crippen LogP contribution in [0.2, 0.25) is 0 Å². The fourth-order valence-electron chi connectivity index (χ4n) is 1.22. The Morgan fingerprint density at radius 3 is 2.53 bits per heavy atom. The highest BCUT2D eigenvalue weighted by Gasteiger charge is 2.26. The fraction of sp³-hybridized carbons (Fsp3) is 0.400. The van der Waals surface area contributed by atoms with E-state index in [0.717, 1.165) is 0 Å². The normalized spacial score (nSPS) is 12.7. The van der Waals surface area contributed by atoms with Gasteiger partial charge in [0, 0.05) is 4.47 Å². The van der Waals surface area contributed by atoms with Crippen molar-refractivity contribution in [1.29, 1.82) is 0 Å². The lowest BCUT2D eigenvalue weighted by molar-refractivity contribution is 0.208. The molecule has 0 radical (unpaired) electrons. The molecular weight excluding hydrogens is 308 g/mol. The Morgan fingerprint density at radius 1 is 1.47 bits per heavy atom. The number of halogens is 1. The Balaban J connectivity index is 3.14. The lowest BCUT2D eigenvalue weighted by atomic mass is 10.1. The average Bonchev–Trinajstić information content (AvgIpc) is 2.15. The van der Waals surface area contributed by atoms with E-state index < -0.39 is 15.6 Å². The van der Waals surface area contributed by atoms with Crippen LogP contribution in [0.1, 0.15) is 13.8 Å². The van der Waals surface area contributed by atoms with E-state index in [-0.39, 0.29) is 17.2 Å². The Kier molecular flexibility index (Phi) is 4.19. The van der Waals surface area contributed by atoms with Crippen molar-refractivity contribution < 1.29 is 13.5 Å². The summed E-state index contributed by atoms with van der Waals surface area (Å²) in [5.74, 6) is 0. The second-order valence-corrected chi connectivity index (χ2v) is 6.90. The van der Waals surface area contributed by atoms with Crippen molar-refractivity contribution in [2.24, 2.45) is 0 Å². The van der Waals surface area contributed by atoms with Gasteiger partial charge in [-0.1, -0.05) is 15.9 Å². The van der Waals surface area contributed by atoms with Crippen LogP contribution in [0.3, 0.4) is 0 Å². The Morgan fingerprint density at radius 2 is 2.06 bits per heavy atom. The fourth-order valence-corrected chi connectivity index (χ4v) is 3.11. The van der Waals surface area contributed by atoms with Crippen molar-refractivity contribution >= 4 is 31.6 Å². The van der Waals surface area contributed by atoms with Gasteiger partial charge in [-0.05, 0) is 32.0 Å². The first kappa shape index (κ1) is 14.4. The minimum absolute atomic E-state index is 0.00206. The van der Waals surface area contributed by atoms with Gasteiger partial charge < -0.3 is 10.8 Å². The molecule has 0 aliphatic heterocycles. The molecule has 0 aliphatic carbocycles. The molecule has 17 heavy (non-hydrogen) atoms. The Labute approximate surface area is 109 Å². The molecule has 0 amide bonds. The molecule has 4 N–H and O–H groups in total. The molecule has 0 bridgehead atoms. The van der Waals surface area contributed by atoms with Crippen molar-refractivity contribution in [3.8, 4) is 0 Å². The highest BCUT2D eigenvalue weighted by atomic mass is 79.9. The molecule has 0 unspecified atom stereocenters. The minimum Gasteiger partial charge on any atom is -0.398 e. The summed E-state index contributed by atoms with van der Waals surface area (Å²) in [4.78, 5) is 0.00206. The van der Waals surface area contributed by atoms with Gasteiger partial charge in [0.15, 0.2) is 0 Å². The summed E-state index contributed by atoms with van der Waals surface area (Å²) < 4.78 is 27.1. The van der Waals surface area contributed by atoms with Gasteiger partial charge in [0.05, 0.1) is 17.8 Å². The third-order valence-corrected chi connectivity index (χ3v) is 4.33. The second kappa shape index (κ2) is 4.93. The van der Waals surface area contributed by atoms with E-state index in [1.54, 1.807) is 19.9 Å². The molecule has 96 valence electrons. The number of rotatable bonds is 4. The SMILES string of the molecule is CC(C)(CO)NS(=O)(=O)c1ccc(Br)cc1N. The summed E-state index contributed by atoms with van der Waals surface area (Å²) in [6.07, 6.45) is 0. The molecule has 5 nitrogen and oxygen atoms in total. The number of aliphatic hydroxyl groups is 1. The molecule has 1 rings (SSSR count). The van der Waals surface area contributed by atoms with Gasteiger partial charge in [-0.25, -0.2) is 13.1 Å². The van der Waals surface area contributed by atoms with E-state index in [0.29, 0.717) is 4.47 Å². The van der Waals surface area contributed by atoms with Crippen molar-refractivity contribution in [3.05, 3.63) is 22.7 Å². The van der Waals surface area contributed by atoms with E-state index in [9.17, 15) is 8.42 Å². The summed E-state index contributed by atoms with van der Waals surface area (Å²) in [5, 5.41) is 9.05. The van der Waals surface area contributed by atoms with Crippen LogP contribution in [0, 0.1) is 0 Å². The molecule has 0 aromatic heterocycles. The van der Waals surface area contributed by atoms with Crippen LogP contribution >= 0.6 is 15.9 Å². The molecule has 0 fully saturated rings. The molecule has 0 spiro atoms. The maximum atomic E-state index is 12.0. The zero-order chi connectivity index (χ0) is 13.3. The largest absolute Gasteiger partial charge is 0.398 e. The number of nitrogens with one attached hydrogen (secondary N) is 1. The quantitative estimate of drug-likeness (QED) is 0.723. The zero-order valence-electron chi connectivity index (χ0n) is 9.57. The van der Waals surface area contributed by atoms with Gasteiger partial charge >= 0.3 is 0 Å². The van der Waals surface area contributed by atoms with Crippen LogP contribution < -0.4 is 10.5 Å². The van der Waals surface area contributed by atoms with E-state index in [4.69, 9.17) is 10.8 Å². The summed E-state index contributed by atoms with van der Waals surface area (Å²) in [6.45, 7) is 2.86. The number of anilines is 1. The lowest BCUT2D eigenvalue weighted by Crippen LogP contribution is -2.46. The number of nitrogens with two attached hydrogens (primary N) is 1. The topological polar surface area (TPSA) is 92.4 Å². The minimum atomic E-state index is -3.73. The summed E-state index contributed by atoms with van der Waals surface area (Å²) >= 11 is 3.20. The van der Waals surface area contributed by atoms with Crippen LogP contribution in [0.4, 0.5) is 5.69 Å². The van der Waals surface area contributed by atoms with Crippen LogP contribution in [0.5, 0.6) is 0 Å². The molecule has 0 saturated heterocycles. The van der Waals surface area contributed by atoms with E-state index >= 15 is 0 Å². The third-order valence-electron chi connectivity index (χ3n) is 2.07. The molecule has 0 saturated carbocycles. The summed E-state index contributed by atoms with van der Waals surface area (Å²) in [6, 6.07) is 4.52. The van der Waals surface area contributed by atoms with Gasteiger partial charge in [-0.15, -0.1) is 0 Å². The average molecular weight is 323 g/mol. The highest BCUT2D eigenvalue weighted by molar-refractivity contribution is 9.10. The number of nitrogen functional groups attached to an aromatic ring is 1. The third kappa shape index (κ3) is 3.67. The number of hydrogen-bond donors (Lipinski definition) is 3. The first-order valence-corrected chi connectivity index (χ1v) is 7.15. The molecule has 0 heterocycles. The van der Waals surface area contributed by atoms with Crippen LogP contribution in [-0.4, -0.2) is 25.7 Å². The summed E-state index contributed by atoms with van der Waals surface area (Å²) in [5.41, 5.74) is 4.88. The van der Waals surface area contributed by atoms with Crippen molar-refractivity contribution in [2.45, 2.75) is 24.3 Å². The number of sulfonamides is 1. The Hall–Kier alpha value is -0.630. The highest BCUT2D eigenvalue weighted by Crippen LogP contribution is 2.23. The first-order valence-electron chi connectivity index (χ1n) is 4.88. The predicted molar refractivity (Wildman–Crippen MR) is 70.0 cm³/mol. The van der Waals surface area contributed by atoms with Crippen molar-refractivity contribution in [3.63, 3.8) is 0 Å².